The van der Waals surface area contributed by atoms with Crippen LogP contribution >= 0.6 is 23.8 Å². The number of fused-ring (bicyclic) bond motifs is 1. The van der Waals surface area contributed by atoms with Crippen LogP contribution in [0.15, 0.2) is 42.5 Å². The molecule has 0 aromatic heterocycles. The number of halogens is 1. The molecule has 2 aromatic rings. The normalized spacial score (nSPS) is 16.1. The Morgan fingerprint density at radius 1 is 1.30 bits per heavy atom. The van der Waals surface area contributed by atoms with Gasteiger partial charge in [-0.15, -0.1) is 0 Å². The van der Waals surface area contributed by atoms with Crippen LogP contribution in [0.3, 0.4) is 0 Å². The van der Waals surface area contributed by atoms with Crippen LogP contribution in [0, 0.1) is 0 Å². The van der Waals surface area contributed by atoms with E-state index < -0.39 is 0 Å². The average Bonchev–Trinajstić information content (AvgIpc) is 2.41. The van der Waals surface area contributed by atoms with E-state index in [-0.39, 0.29) is 0 Å². The van der Waals surface area contributed by atoms with Crippen molar-refractivity contribution in [2.24, 2.45) is 5.73 Å². The third-order valence-corrected chi connectivity index (χ3v) is 4.15. The summed E-state index contributed by atoms with van der Waals surface area (Å²) in [5.41, 5.74) is 9.12. The van der Waals surface area contributed by atoms with Crippen molar-refractivity contribution in [3.05, 3.63) is 64.2 Å². The predicted molar refractivity (Wildman–Crippen MR) is 85.7 cm³/mol. The Kier molecular flexibility index (Phi) is 3.64. The molecule has 1 atom stereocenters. The van der Waals surface area contributed by atoms with Crippen molar-refractivity contribution in [3.8, 4) is 5.75 Å². The van der Waals surface area contributed by atoms with Crippen molar-refractivity contribution in [3.63, 3.8) is 0 Å². The maximum absolute atomic E-state index is 6.18. The van der Waals surface area contributed by atoms with Crippen molar-refractivity contribution in [1.29, 1.82) is 0 Å². The number of hydrogen-bond acceptors (Lipinski definition) is 2. The summed E-state index contributed by atoms with van der Waals surface area (Å²) in [6, 6.07) is 13.9. The van der Waals surface area contributed by atoms with Crippen LogP contribution in [0.5, 0.6) is 5.75 Å². The molecule has 0 bridgehead atoms. The highest BCUT2D eigenvalue weighted by atomic mass is 35.5. The minimum absolute atomic E-state index is 0.339. The maximum Gasteiger partial charge on any atom is 0.137 e. The molecule has 2 N–H and O–H groups in total. The van der Waals surface area contributed by atoms with Crippen LogP contribution < -0.4 is 10.5 Å². The topological polar surface area (TPSA) is 35.2 Å². The zero-order valence-corrected chi connectivity index (χ0v) is 12.4. The van der Waals surface area contributed by atoms with Crippen LogP contribution in [0.4, 0.5) is 0 Å². The molecule has 2 nitrogen and oxygen atoms in total. The molecule has 1 unspecified atom stereocenters. The lowest BCUT2D eigenvalue weighted by atomic mass is 9.78. The summed E-state index contributed by atoms with van der Waals surface area (Å²) >= 11 is 11.1. The Morgan fingerprint density at radius 3 is 2.80 bits per heavy atom. The monoisotopic (exact) mass is 303 g/mol. The molecule has 1 aliphatic rings. The van der Waals surface area contributed by atoms with E-state index in [0.29, 0.717) is 28.3 Å². The van der Waals surface area contributed by atoms with Gasteiger partial charge in [-0.1, -0.05) is 48.1 Å². The zero-order chi connectivity index (χ0) is 14.1. The first-order valence-corrected chi connectivity index (χ1v) is 7.23. The summed E-state index contributed by atoms with van der Waals surface area (Å²) in [5, 5.41) is 0.544. The lowest BCUT2D eigenvalue weighted by Crippen LogP contribution is -2.23. The molecular weight excluding hydrogens is 290 g/mol. The van der Waals surface area contributed by atoms with Gasteiger partial charge in [0.15, 0.2) is 0 Å². The van der Waals surface area contributed by atoms with Gasteiger partial charge < -0.3 is 10.5 Å². The quantitative estimate of drug-likeness (QED) is 0.875. The lowest BCUT2D eigenvalue weighted by molar-refractivity contribution is 0.275. The van der Waals surface area contributed by atoms with Gasteiger partial charge in [-0.2, -0.15) is 0 Å². The van der Waals surface area contributed by atoms with Crippen molar-refractivity contribution in [1.82, 2.24) is 0 Å². The Morgan fingerprint density at radius 2 is 2.10 bits per heavy atom. The maximum atomic E-state index is 6.18. The van der Waals surface area contributed by atoms with Crippen LogP contribution in [0.1, 0.15) is 22.6 Å². The highest BCUT2D eigenvalue weighted by Crippen LogP contribution is 2.36. The second-order valence-electron chi connectivity index (χ2n) is 4.92. The van der Waals surface area contributed by atoms with E-state index in [1.807, 2.05) is 12.1 Å². The summed E-state index contributed by atoms with van der Waals surface area (Å²) in [7, 11) is 0. The number of ether oxygens (including phenoxy) is 1. The van der Waals surface area contributed by atoms with E-state index in [1.54, 1.807) is 6.07 Å². The molecule has 102 valence electrons. The van der Waals surface area contributed by atoms with E-state index in [9.17, 15) is 0 Å². The third kappa shape index (κ3) is 2.51. The standard InChI is InChI=1S/C16H14ClNOS/c17-14-8-11(16(18)20)5-6-15(14)19-9-12-7-10-3-1-2-4-13(10)12/h1-6,8,12H,7,9H2,(H2,18,20). The molecular formula is C16H14ClNOS. The van der Waals surface area contributed by atoms with Crippen molar-refractivity contribution < 1.29 is 4.74 Å². The van der Waals surface area contributed by atoms with Crippen LogP contribution in [-0.4, -0.2) is 11.6 Å². The van der Waals surface area contributed by atoms with E-state index in [1.165, 1.54) is 11.1 Å². The van der Waals surface area contributed by atoms with Crippen LogP contribution in [-0.2, 0) is 6.42 Å². The molecule has 0 saturated heterocycles. The smallest absolute Gasteiger partial charge is 0.137 e. The summed E-state index contributed by atoms with van der Waals surface area (Å²) in [6.07, 6.45) is 1.07. The van der Waals surface area contributed by atoms with Crippen molar-refractivity contribution in [2.75, 3.05) is 6.61 Å². The lowest BCUT2D eigenvalue weighted by Gasteiger charge is -2.30. The molecule has 0 spiro atoms. The number of benzene rings is 2. The van der Waals surface area contributed by atoms with E-state index in [2.05, 4.69) is 24.3 Å². The second kappa shape index (κ2) is 5.43. The highest BCUT2D eigenvalue weighted by Gasteiger charge is 2.26. The fourth-order valence-corrected chi connectivity index (χ4v) is 2.83. The Balaban J connectivity index is 1.67. The van der Waals surface area contributed by atoms with E-state index in [4.69, 9.17) is 34.3 Å². The molecule has 0 amide bonds. The second-order valence-corrected chi connectivity index (χ2v) is 5.77. The summed E-state index contributed by atoms with van der Waals surface area (Å²) in [6.45, 7) is 0.642. The van der Waals surface area contributed by atoms with Gasteiger partial charge in [0.25, 0.3) is 0 Å². The first-order valence-electron chi connectivity index (χ1n) is 6.45. The first-order chi connectivity index (χ1) is 9.65. The molecule has 3 rings (SSSR count). The van der Waals surface area contributed by atoms with Gasteiger partial charge in [-0.05, 0) is 35.7 Å². The molecule has 0 aliphatic heterocycles. The molecule has 0 heterocycles. The largest absolute Gasteiger partial charge is 0.491 e. The van der Waals surface area contributed by atoms with Crippen LogP contribution in [0.2, 0.25) is 5.02 Å². The van der Waals surface area contributed by atoms with Crippen molar-refractivity contribution >= 4 is 28.8 Å². The zero-order valence-electron chi connectivity index (χ0n) is 10.8. The highest BCUT2D eigenvalue weighted by molar-refractivity contribution is 7.80. The number of hydrogen-bond donors (Lipinski definition) is 1. The summed E-state index contributed by atoms with van der Waals surface area (Å²) in [4.78, 5) is 0.339. The van der Waals surface area contributed by atoms with Gasteiger partial charge in [0.2, 0.25) is 0 Å². The third-order valence-electron chi connectivity index (χ3n) is 3.62. The number of thiocarbonyl (C=S) groups is 1. The fourth-order valence-electron chi connectivity index (χ4n) is 2.47. The van der Waals surface area contributed by atoms with Gasteiger partial charge in [-0.25, -0.2) is 0 Å². The molecule has 2 aromatic carbocycles. The summed E-state index contributed by atoms with van der Waals surface area (Å²) in [5.74, 6) is 1.13. The van der Waals surface area contributed by atoms with Crippen LogP contribution in [0.25, 0.3) is 0 Å². The SMILES string of the molecule is NC(=S)c1ccc(OCC2Cc3ccccc32)c(Cl)c1. The average molecular weight is 304 g/mol. The van der Waals surface area contributed by atoms with Gasteiger partial charge in [-0.3, -0.25) is 0 Å². The first kappa shape index (κ1) is 13.4. The molecule has 4 heteroatoms. The summed E-state index contributed by atoms with van der Waals surface area (Å²) < 4.78 is 5.82. The van der Waals surface area contributed by atoms with E-state index >= 15 is 0 Å². The molecule has 20 heavy (non-hydrogen) atoms. The van der Waals surface area contributed by atoms with Gasteiger partial charge >= 0.3 is 0 Å². The molecule has 1 aliphatic carbocycles. The predicted octanol–water partition coefficient (Wildman–Crippen LogP) is 3.69. The van der Waals surface area contributed by atoms with Gasteiger partial charge in [0, 0.05) is 11.5 Å². The molecule has 0 saturated carbocycles. The minimum Gasteiger partial charge on any atom is -0.491 e. The number of nitrogens with two attached hydrogens (primary N) is 1. The fraction of sp³-hybridized carbons (Fsp3) is 0.188. The molecule has 0 fully saturated rings. The molecule has 0 radical (unpaired) electrons. The van der Waals surface area contributed by atoms with E-state index in [0.717, 1.165) is 12.0 Å². The van der Waals surface area contributed by atoms with Gasteiger partial charge in [0.05, 0.1) is 11.6 Å². The van der Waals surface area contributed by atoms with Gasteiger partial charge in [0.1, 0.15) is 10.7 Å². The number of rotatable bonds is 4. The Hall–Kier alpha value is -1.58. The minimum atomic E-state index is 0.339. The van der Waals surface area contributed by atoms with Crippen molar-refractivity contribution in [2.45, 2.75) is 12.3 Å². The Bertz CT molecular complexity index is 671. The Labute approximate surface area is 128 Å².